The number of fused-ring (bicyclic) bond motifs is 1. The summed E-state index contributed by atoms with van der Waals surface area (Å²) in [6.07, 6.45) is 2.20. The van der Waals surface area contributed by atoms with Crippen LogP contribution in [0.1, 0.15) is 28.2 Å². The summed E-state index contributed by atoms with van der Waals surface area (Å²) in [5, 5.41) is 6.35. The minimum Gasteiger partial charge on any atom is -0.336 e. The number of hydrogen-bond donors (Lipinski definition) is 0. The van der Waals surface area contributed by atoms with Gasteiger partial charge in [0.1, 0.15) is 4.83 Å². The summed E-state index contributed by atoms with van der Waals surface area (Å²) in [5.74, 6) is 0.125. The van der Waals surface area contributed by atoms with E-state index in [9.17, 15) is 4.79 Å². The third-order valence-electron chi connectivity index (χ3n) is 5.22. The predicted molar refractivity (Wildman–Crippen MR) is 111 cm³/mol. The molecule has 142 valence electrons. The van der Waals surface area contributed by atoms with Gasteiger partial charge in [-0.3, -0.25) is 4.79 Å². The Hall–Kier alpha value is -1.89. The topological polar surface area (TPSA) is 41.4 Å². The first kappa shape index (κ1) is 18.5. The van der Waals surface area contributed by atoms with Gasteiger partial charge < -0.3 is 9.80 Å². The molecule has 1 unspecified atom stereocenters. The Balaban J connectivity index is 1.68. The number of aromatic nitrogens is 2. The number of piperidine rings is 1. The fraction of sp³-hybridized carbons (Fsp3) is 0.400. The molecule has 0 N–H and O–H groups in total. The number of rotatable bonds is 3. The summed E-state index contributed by atoms with van der Waals surface area (Å²) >= 11 is 7.66. The van der Waals surface area contributed by atoms with Gasteiger partial charge in [-0.15, -0.1) is 11.3 Å². The zero-order valence-corrected chi connectivity index (χ0v) is 17.3. The fourth-order valence-corrected chi connectivity index (χ4v) is 4.99. The number of likely N-dealkylation sites (N-methyl/N-ethyl adjacent to an activating group) is 1. The molecule has 27 heavy (non-hydrogen) atoms. The van der Waals surface area contributed by atoms with Crippen LogP contribution in [0.15, 0.2) is 30.3 Å². The molecule has 4 rings (SSSR count). The molecular formula is C20H23ClN4OS. The first-order valence-electron chi connectivity index (χ1n) is 9.15. The zero-order valence-electron chi connectivity index (χ0n) is 15.8. The molecule has 1 amide bonds. The third-order valence-corrected chi connectivity index (χ3v) is 6.56. The van der Waals surface area contributed by atoms with E-state index in [1.54, 1.807) is 0 Å². The Morgan fingerprint density at radius 2 is 2.15 bits per heavy atom. The number of thiophene rings is 1. The van der Waals surface area contributed by atoms with Gasteiger partial charge in [0.2, 0.25) is 0 Å². The Morgan fingerprint density at radius 1 is 1.33 bits per heavy atom. The summed E-state index contributed by atoms with van der Waals surface area (Å²) in [5.41, 5.74) is 1.83. The number of hydrogen-bond acceptors (Lipinski definition) is 4. The molecule has 0 aliphatic carbocycles. The van der Waals surface area contributed by atoms with Crippen LogP contribution in [0.5, 0.6) is 0 Å². The molecule has 1 saturated heterocycles. The number of carbonyl (C=O) groups excluding carboxylic acids is 1. The lowest BCUT2D eigenvalue weighted by molar-refractivity contribution is 0.0640. The van der Waals surface area contributed by atoms with Crippen molar-refractivity contribution in [1.29, 1.82) is 0 Å². The van der Waals surface area contributed by atoms with Gasteiger partial charge in [-0.2, -0.15) is 5.10 Å². The zero-order chi connectivity index (χ0) is 19.1. The summed E-state index contributed by atoms with van der Waals surface area (Å²) in [7, 11) is 4.17. The third kappa shape index (κ3) is 3.49. The average molecular weight is 403 g/mol. The highest BCUT2D eigenvalue weighted by atomic mass is 35.5. The van der Waals surface area contributed by atoms with E-state index in [1.807, 2.05) is 46.8 Å². The van der Waals surface area contributed by atoms with Gasteiger partial charge in [-0.1, -0.05) is 17.7 Å². The van der Waals surface area contributed by atoms with Crippen molar-refractivity contribution in [2.75, 3.05) is 27.2 Å². The summed E-state index contributed by atoms with van der Waals surface area (Å²) in [6.45, 7) is 3.60. The molecule has 2 aromatic heterocycles. The number of likely N-dealkylation sites (tertiary alicyclic amines) is 1. The standard InChI is InChI=1S/C20H23ClN4OS/c1-13-17-11-18(19(26)24-9-5-8-16(12-24)23(2)3)27-20(17)25(22-13)15-7-4-6-14(21)10-15/h4,6-7,10-11,16H,5,8-9,12H2,1-3H3. The van der Waals surface area contributed by atoms with Crippen molar-refractivity contribution >= 4 is 39.1 Å². The van der Waals surface area contributed by atoms with Crippen molar-refractivity contribution in [3.63, 3.8) is 0 Å². The molecular weight excluding hydrogens is 380 g/mol. The van der Waals surface area contributed by atoms with E-state index in [4.69, 9.17) is 11.6 Å². The largest absolute Gasteiger partial charge is 0.336 e. The highest BCUT2D eigenvalue weighted by Crippen LogP contribution is 2.32. The number of carbonyl (C=O) groups is 1. The number of amides is 1. The molecule has 0 bridgehead atoms. The van der Waals surface area contributed by atoms with Crippen LogP contribution in [0.3, 0.4) is 0 Å². The van der Waals surface area contributed by atoms with E-state index in [0.717, 1.165) is 52.4 Å². The second-order valence-electron chi connectivity index (χ2n) is 7.32. The molecule has 0 saturated carbocycles. The lowest BCUT2D eigenvalue weighted by Crippen LogP contribution is -2.47. The minimum absolute atomic E-state index is 0.125. The normalized spacial score (nSPS) is 17.8. The van der Waals surface area contributed by atoms with Crippen LogP contribution in [0, 0.1) is 6.92 Å². The van der Waals surface area contributed by atoms with Crippen LogP contribution in [0.25, 0.3) is 15.9 Å². The fourth-order valence-electron chi connectivity index (χ4n) is 3.65. The molecule has 3 aromatic rings. The predicted octanol–water partition coefficient (Wildman–Crippen LogP) is 4.22. The molecule has 5 nitrogen and oxygen atoms in total. The van der Waals surface area contributed by atoms with Gasteiger partial charge in [-0.05, 0) is 58.1 Å². The maximum atomic E-state index is 13.1. The van der Waals surface area contributed by atoms with Crippen molar-refractivity contribution in [3.05, 3.63) is 45.9 Å². The minimum atomic E-state index is 0.125. The van der Waals surface area contributed by atoms with Gasteiger partial charge in [0.25, 0.3) is 5.91 Å². The molecule has 1 atom stereocenters. The molecule has 0 spiro atoms. The Bertz CT molecular complexity index is 993. The Kier molecular flexibility index (Phi) is 4.97. The van der Waals surface area contributed by atoms with Crippen LogP contribution >= 0.6 is 22.9 Å². The summed E-state index contributed by atoms with van der Waals surface area (Å²) < 4.78 is 1.89. The van der Waals surface area contributed by atoms with Crippen molar-refractivity contribution in [1.82, 2.24) is 19.6 Å². The van der Waals surface area contributed by atoms with Crippen molar-refractivity contribution in [2.24, 2.45) is 0 Å². The van der Waals surface area contributed by atoms with Gasteiger partial charge in [-0.25, -0.2) is 4.68 Å². The van der Waals surface area contributed by atoms with Crippen molar-refractivity contribution in [3.8, 4) is 5.69 Å². The van der Waals surface area contributed by atoms with Crippen LogP contribution in [0.4, 0.5) is 0 Å². The van der Waals surface area contributed by atoms with Crippen molar-refractivity contribution < 1.29 is 4.79 Å². The van der Waals surface area contributed by atoms with Gasteiger partial charge >= 0.3 is 0 Å². The van der Waals surface area contributed by atoms with E-state index in [0.29, 0.717) is 11.1 Å². The monoisotopic (exact) mass is 402 g/mol. The number of halogens is 1. The molecule has 7 heteroatoms. The van der Waals surface area contributed by atoms with Crippen LogP contribution in [-0.4, -0.2) is 58.7 Å². The van der Waals surface area contributed by atoms with Crippen LogP contribution in [0.2, 0.25) is 5.02 Å². The number of aryl methyl sites for hydroxylation is 1. The highest BCUT2D eigenvalue weighted by Gasteiger charge is 2.27. The smallest absolute Gasteiger partial charge is 0.264 e. The Morgan fingerprint density at radius 3 is 2.89 bits per heavy atom. The molecule has 1 aliphatic heterocycles. The van der Waals surface area contributed by atoms with E-state index in [2.05, 4.69) is 24.1 Å². The van der Waals surface area contributed by atoms with Gasteiger partial charge in [0, 0.05) is 29.5 Å². The van der Waals surface area contributed by atoms with E-state index >= 15 is 0 Å². The van der Waals surface area contributed by atoms with E-state index < -0.39 is 0 Å². The van der Waals surface area contributed by atoms with E-state index in [-0.39, 0.29) is 5.91 Å². The number of nitrogens with zero attached hydrogens (tertiary/aromatic N) is 4. The Labute approximate surface area is 168 Å². The van der Waals surface area contributed by atoms with Crippen molar-refractivity contribution in [2.45, 2.75) is 25.8 Å². The molecule has 0 radical (unpaired) electrons. The maximum absolute atomic E-state index is 13.1. The molecule has 1 aromatic carbocycles. The first-order valence-corrected chi connectivity index (χ1v) is 10.3. The average Bonchev–Trinajstić information content (AvgIpc) is 3.22. The number of benzene rings is 1. The van der Waals surface area contributed by atoms with Gasteiger partial charge in [0.15, 0.2) is 0 Å². The summed E-state index contributed by atoms with van der Waals surface area (Å²) in [6, 6.07) is 10.0. The molecule has 1 fully saturated rings. The van der Waals surface area contributed by atoms with Crippen LogP contribution in [-0.2, 0) is 0 Å². The molecule has 3 heterocycles. The molecule has 1 aliphatic rings. The van der Waals surface area contributed by atoms with E-state index in [1.165, 1.54) is 11.3 Å². The second-order valence-corrected chi connectivity index (χ2v) is 8.78. The van der Waals surface area contributed by atoms with Crippen LogP contribution < -0.4 is 0 Å². The lowest BCUT2D eigenvalue weighted by Gasteiger charge is -2.35. The van der Waals surface area contributed by atoms with Gasteiger partial charge in [0.05, 0.1) is 16.3 Å². The quantitative estimate of drug-likeness (QED) is 0.658. The highest BCUT2D eigenvalue weighted by molar-refractivity contribution is 7.20. The first-order chi connectivity index (χ1) is 12.9. The second kappa shape index (κ2) is 7.26. The SMILES string of the molecule is Cc1nn(-c2cccc(Cl)c2)c2sc(C(=O)N3CCCC(N(C)C)C3)cc12. The maximum Gasteiger partial charge on any atom is 0.264 e. The summed E-state index contributed by atoms with van der Waals surface area (Å²) in [4.78, 5) is 19.1. The lowest BCUT2D eigenvalue weighted by atomic mass is 10.0.